The van der Waals surface area contributed by atoms with Crippen LogP contribution in [0.3, 0.4) is 0 Å². The number of nitrogens with one attached hydrogen (secondary N) is 1. The first-order valence-electron chi connectivity index (χ1n) is 5.09. The van der Waals surface area contributed by atoms with Crippen molar-refractivity contribution in [1.82, 2.24) is 15.2 Å². The molecule has 0 aliphatic carbocycles. The second-order valence-corrected chi connectivity index (χ2v) is 4.93. The van der Waals surface area contributed by atoms with Crippen LogP contribution < -0.4 is 5.32 Å². The number of hydrogen-bond acceptors (Lipinski definition) is 4. The lowest BCUT2D eigenvalue weighted by Crippen LogP contribution is -2.33. The van der Waals surface area contributed by atoms with Crippen LogP contribution in [0.5, 0.6) is 0 Å². The first-order valence-corrected chi connectivity index (χ1v) is 5.97. The van der Waals surface area contributed by atoms with Gasteiger partial charge >= 0.3 is 0 Å². The lowest BCUT2D eigenvalue weighted by atomic mass is 10.2. The van der Waals surface area contributed by atoms with Gasteiger partial charge in [0.1, 0.15) is 5.01 Å². The van der Waals surface area contributed by atoms with Crippen LogP contribution in [0.4, 0.5) is 0 Å². The molecule has 1 aliphatic heterocycles. The predicted octanol–water partition coefficient (Wildman–Crippen LogP) is 1.50. The zero-order chi connectivity index (χ0) is 9.97. The number of aromatic nitrogens is 1. The Morgan fingerprint density at radius 3 is 3.14 bits per heavy atom. The van der Waals surface area contributed by atoms with Gasteiger partial charge in [0.25, 0.3) is 0 Å². The zero-order valence-electron chi connectivity index (χ0n) is 8.73. The number of likely N-dealkylation sites (tertiary alicyclic amines) is 1. The van der Waals surface area contributed by atoms with Crippen molar-refractivity contribution in [2.24, 2.45) is 0 Å². The molecule has 78 valence electrons. The number of thiazole rings is 1. The van der Waals surface area contributed by atoms with Gasteiger partial charge in [0.05, 0.1) is 6.04 Å². The van der Waals surface area contributed by atoms with Gasteiger partial charge in [-0.25, -0.2) is 4.98 Å². The van der Waals surface area contributed by atoms with Gasteiger partial charge in [-0.2, -0.15) is 0 Å². The molecule has 0 radical (unpaired) electrons. The van der Waals surface area contributed by atoms with Gasteiger partial charge in [0.2, 0.25) is 0 Å². The Hall–Kier alpha value is -0.450. The minimum atomic E-state index is 0.395. The monoisotopic (exact) mass is 211 g/mol. The van der Waals surface area contributed by atoms with E-state index < -0.39 is 0 Å². The van der Waals surface area contributed by atoms with Crippen LogP contribution in [0.15, 0.2) is 11.6 Å². The Morgan fingerprint density at radius 1 is 1.71 bits per heavy atom. The Balaban J connectivity index is 1.86. The molecule has 1 N–H and O–H groups in total. The van der Waals surface area contributed by atoms with Gasteiger partial charge in [-0.15, -0.1) is 11.3 Å². The SMILES string of the molecule is C[C@H](N[C@@H]1CCN(C)C1)c1nccs1. The minimum Gasteiger partial charge on any atom is -0.305 e. The standard InChI is InChI=1S/C10H17N3S/c1-8(10-11-4-6-14-10)12-9-3-5-13(2)7-9/h4,6,8-9,12H,3,5,7H2,1-2H3/t8-,9+/m0/s1. The molecule has 0 saturated carbocycles. The molecule has 2 rings (SSSR count). The molecular formula is C10H17N3S. The van der Waals surface area contributed by atoms with E-state index in [1.54, 1.807) is 11.3 Å². The molecule has 1 aromatic heterocycles. The summed E-state index contributed by atoms with van der Waals surface area (Å²) in [5.41, 5.74) is 0. The topological polar surface area (TPSA) is 28.2 Å². The highest BCUT2D eigenvalue weighted by atomic mass is 32.1. The van der Waals surface area contributed by atoms with Crippen molar-refractivity contribution in [3.05, 3.63) is 16.6 Å². The Bertz CT molecular complexity index is 273. The summed E-state index contributed by atoms with van der Waals surface area (Å²) in [5.74, 6) is 0. The second-order valence-electron chi connectivity index (χ2n) is 4.01. The summed E-state index contributed by atoms with van der Waals surface area (Å²) in [7, 11) is 2.18. The van der Waals surface area contributed by atoms with E-state index in [2.05, 4.69) is 29.2 Å². The van der Waals surface area contributed by atoms with Gasteiger partial charge in [-0.05, 0) is 26.9 Å². The maximum Gasteiger partial charge on any atom is 0.109 e. The minimum absolute atomic E-state index is 0.395. The van der Waals surface area contributed by atoms with Crippen molar-refractivity contribution >= 4 is 11.3 Å². The van der Waals surface area contributed by atoms with E-state index >= 15 is 0 Å². The van der Waals surface area contributed by atoms with Crippen molar-refractivity contribution in [2.45, 2.75) is 25.4 Å². The maximum absolute atomic E-state index is 4.32. The molecule has 1 aliphatic rings. The summed E-state index contributed by atoms with van der Waals surface area (Å²) < 4.78 is 0. The summed E-state index contributed by atoms with van der Waals surface area (Å²) in [5, 5.41) is 6.85. The summed E-state index contributed by atoms with van der Waals surface area (Å²) in [6.45, 7) is 4.56. The van der Waals surface area contributed by atoms with E-state index in [4.69, 9.17) is 0 Å². The van der Waals surface area contributed by atoms with Crippen LogP contribution in [-0.2, 0) is 0 Å². The largest absolute Gasteiger partial charge is 0.305 e. The number of rotatable bonds is 3. The van der Waals surface area contributed by atoms with Gasteiger partial charge < -0.3 is 10.2 Å². The van der Waals surface area contributed by atoms with Gasteiger partial charge in [0, 0.05) is 24.2 Å². The molecule has 4 heteroatoms. The average Bonchev–Trinajstić information content (AvgIpc) is 2.75. The van der Waals surface area contributed by atoms with E-state index in [-0.39, 0.29) is 0 Å². The third-order valence-corrected chi connectivity index (χ3v) is 3.66. The Morgan fingerprint density at radius 2 is 2.57 bits per heavy atom. The molecule has 0 aromatic carbocycles. The predicted molar refractivity (Wildman–Crippen MR) is 59.6 cm³/mol. The highest BCUT2D eigenvalue weighted by Crippen LogP contribution is 2.17. The third kappa shape index (κ3) is 2.32. The van der Waals surface area contributed by atoms with Crippen LogP contribution in [0, 0.1) is 0 Å². The number of likely N-dealkylation sites (N-methyl/N-ethyl adjacent to an activating group) is 1. The fourth-order valence-corrected chi connectivity index (χ4v) is 2.60. The summed E-state index contributed by atoms with van der Waals surface area (Å²) in [6, 6.07) is 1.03. The zero-order valence-corrected chi connectivity index (χ0v) is 9.55. The van der Waals surface area contributed by atoms with Gasteiger partial charge in [0.15, 0.2) is 0 Å². The molecule has 2 heterocycles. The van der Waals surface area contributed by atoms with Crippen molar-refractivity contribution < 1.29 is 0 Å². The van der Waals surface area contributed by atoms with Crippen LogP contribution in [0.1, 0.15) is 24.4 Å². The molecule has 0 spiro atoms. The molecule has 1 saturated heterocycles. The number of nitrogens with zero attached hydrogens (tertiary/aromatic N) is 2. The van der Waals surface area contributed by atoms with E-state index in [9.17, 15) is 0 Å². The quantitative estimate of drug-likeness (QED) is 0.821. The lowest BCUT2D eigenvalue weighted by molar-refractivity contribution is 0.387. The average molecular weight is 211 g/mol. The van der Waals surface area contributed by atoms with Crippen LogP contribution in [0.25, 0.3) is 0 Å². The molecule has 0 amide bonds. The maximum atomic E-state index is 4.32. The first-order chi connectivity index (χ1) is 6.75. The molecule has 2 atom stereocenters. The molecular weight excluding hydrogens is 194 g/mol. The van der Waals surface area contributed by atoms with E-state index in [0.29, 0.717) is 12.1 Å². The fourth-order valence-electron chi connectivity index (χ4n) is 1.94. The molecule has 0 unspecified atom stereocenters. The highest BCUT2D eigenvalue weighted by molar-refractivity contribution is 7.09. The Kier molecular flexibility index (Phi) is 3.15. The van der Waals surface area contributed by atoms with Crippen molar-refractivity contribution in [2.75, 3.05) is 20.1 Å². The molecule has 14 heavy (non-hydrogen) atoms. The van der Waals surface area contributed by atoms with Crippen LogP contribution >= 0.6 is 11.3 Å². The van der Waals surface area contributed by atoms with Crippen LogP contribution in [0.2, 0.25) is 0 Å². The van der Waals surface area contributed by atoms with E-state index in [1.807, 2.05) is 11.6 Å². The fraction of sp³-hybridized carbons (Fsp3) is 0.700. The van der Waals surface area contributed by atoms with Gasteiger partial charge in [-0.3, -0.25) is 0 Å². The molecule has 3 nitrogen and oxygen atoms in total. The van der Waals surface area contributed by atoms with Gasteiger partial charge in [-0.1, -0.05) is 0 Å². The smallest absolute Gasteiger partial charge is 0.109 e. The second kappa shape index (κ2) is 4.38. The summed E-state index contributed by atoms with van der Waals surface area (Å²) >= 11 is 1.73. The lowest BCUT2D eigenvalue weighted by Gasteiger charge is -2.17. The summed E-state index contributed by atoms with van der Waals surface area (Å²) in [4.78, 5) is 6.69. The Labute approximate surface area is 89.1 Å². The number of hydrogen-bond donors (Lipinski definition) is 1. The highest BCUT2D eigenvalue weighted by Gasteiger charge is 2.21. The van der Waals surface area contributed by atoms with E-state index in [1.165, 1.54) is 18.0 Å². The third-order valence-electron chi connectivity index (χ3n) is 2.70. The molecule has 1 aromatic rings. The first kappa shape index (κ1) is 10.1. The van der Waals surface area contributed by atoms with Crippen LogP contribution in [-0.4, -0.2) is 36.1 Å². The van der Waals surface area contributed by atoms with Crippen molar-refractivity contribution in [3.8, 4) is 0 Å². The molecule has 0 bridgehead atoms. The van der Waals surface area contributed by atoms with Crippen molar-refractivity contribution in [3.63, 3.8) is 0 Å². The van der Waals surface area contributed by atoms with E-state index in [0.717, 1.165) is 6.54 Å². The summed E-state index contributed by atoms with van der Waals surface area (Å²) in [6.07, 6.45) is 3.13. The normalized spacial score (nSPS) is 25.4. The molecule has 1 fully saturated rings. The van der Waals surface area contributed by atoms with Crippen molar-refractivity contribution in [1.29, 1.82) is 0 Å².